The molecule has 1 aromatic heterocycles. The van der Waals surface area contributed by atoms with E-state index >= 15 is 0 Å². The molecule has 0 saturated heterocycles. The molecule has 17 heavy (non-hydrogen) atoms. The quantitative estimate of drug-likeness (QED) is 0.663. The average molecular weight is 241 g/mol. The fraction of sp³-hybridized carbons (Fsp3) is 0.0714. The van der Waals surface area contributed by atoms with Crippen molar-refractivity contribution in [2.24, 2.45) is 0 Å². The minimum Gasteiger partial charge on any atom is -0.431 e. The Labute approximate surface area is 104 Å². The van der Waals surface area contributed by atoms with Gasteiger partial charge < -0.3 is 4.74 Å². The lowest BCUT2D eigenvalue weighted by atomic mass is 10.2. The third-order valence-electron chi connectivity index (χ3n) is 2.47. The molecule has 0 unspecified atom stereocenters. The van der Waals surface area contributed by atoms with Crippen LogP contribution in [0.1, 0.15) is 5.56 Å². The van der Waals surface area contributed by atoms with Crippen molar-refractivity contribution in [1.29, 1.82) is 0 Å². The van der Waals surface area contributed by atoms with E-state index in [1.54, 1.807) is 11.3 Å². The highest BCUT2D eigenvalue weighted by molar-refractivity contribution is 7.20. The van der Waals surface area contributed by atoms with Crippen molar-refractivity contribution in [2.45, 2.75) is 6.92 Å². The Morgan fingerprint density at radius 2 is 1.88 bits per heavy atom. The minimum atomic E-state index is 0.691. The van der Waals surface area contributed by atoms with Gasteiger partial charge >= 0.3 is 0 Å². The number of fused-ring (bicyclic) bond motifs is 1. The molecule has 3 rings (SSSR count). The van der Waals surface area contributed by atoms with E-state index in [1.807, 2.05) is 36.4 Å². The predicted octanol–water partition coefficient (Wildman–Crippen LogP) is 4.40. The second kappa shape index (κ2) is 4.18. The van der Waals surface area contributed by atoms with Crippen LogP contribution in [-0.4, -0.2) is 4.98 Å². The van der Waals surface area contributed by atoms with E-state index in [1.165, 1.54) is 5.56 Å². The van der Waals surface area contributed by atoms with Gasteiger partial charge in [0, 0.05) is 0 Å². The molecular weight excluding hydrogens is 230 g/mol. The van der Waals surface area contributed by atoms with E-state index in [-0.39, 0.29) is 0 Å². The van der Waals surface area contributed by atoms with Crippen molar-refractivity contribution in [3.63, 3.8) is 0 Å². The molecule has 0 atom stereocenters. The number of nitrogens with zero attached hydrogens (tertiary/aromatic N) is 1. The van der Waals surface area contributed by atoms with Crippen molar-refractivity contribution < 1.29 is 4.74 Å². The maximum Gasteiger partial charge on any atom is 0.279 e. The van der Waals surface area contributed by atoms with Crippen molar-refractivity contribution >= 4 is 21.6 Å². The summed E-state index contributed by atoms with van der Waals surface area (Å²) in [6, 6.07) is 15.9. The van der Waals surface area contributed by atoms with Crippen LogP contribution in [-0.2, 0) is 0 Å². The first-order valence-electron chi connectivity index (χ1n) is 5.41. The Balaban J connectivity index is 1.96. The van der Waals surface area contributed by atoms with E-state index in [4.69, 9.17) is 4.74 Å². The predicted molar refractivity (Wildman–Crippen MR) is 70.9 cm³/mol. The van der Waals surface area contributed by atoms with Crippen LogP contribution in [0, 0.1) is 6.92 Å². The molecule has 1 heterocycles. The van der Waals surface area contributed by atoms with Crippen molar-refractivity contribution in [3.05, 3.63) is 54.1 Å². The Kier molecular flexibility index (Phi) is 2.53. The van der Waals surface area contributed by atoms with Crippen molar-refractivity contribution in [2.75, 3.05) is 0 Å². The maximum absolute atomic E-state index is 5.71. The SMILES string of the molecule is Cc1ccc2nc(Oc3ccccc3)sc2c1. The first-order valence-corrected chi connectivity index (χ1v) is 6.23. The lowest BCUT2D eigenvalue weighted by Gasteiger charge is -1.98. The zero-order chi connectivity index (χ0) is 11.7. The number of aryl methyl sites for hydroxylation is 1. The second-order valence-corrected chi connectivity index (χ2v) is 4.86. The van der Waals surface area contributed by atoms with Crippen LogP contribution < -0.4 is 4.74 Å². The van der Waals surface area contributed by atoms with Gasteiger partial charge in [0.15, 0.2) is 0 Å². The molecule has 2 nitrogen and oxygen atoms in total. The summed E-state index contributed by atoms with van der Waals surface area (Å²) < 4.78 is 6.87. The second-order valence-electron chi connectivity index (χ2n) is 3.87. The highest BCUT2D eigenvalue weighted by Gasteiger charge is 2.05. The molecule has 0 spiro atoms. The third kappa shape index (κ3) is 2.15. The molecule has 0 saturated carbocycles. The number of para-hydroxylation sites is 1. The monoisotopic (exact) mass is 241 g/mol. The topological polar surface area (TPSA) is 22.1 Å². The summed E-state index contributed by atoms with van der Waals surface area (Å²) in [5.74, 6) is 0.822. The first kappa shape index (κ1) is 10.3. The molecule has 0 aliphatic carbocycles. The summed E-state index contributed by atoms with van der Waals surface area (Å²) in [6.07, 6.45) is 0. The van der Waals surface area contributed by atoms with Gasteiger partial charge in [0.25, 0.3) is 5.19 Å². The van der Waals surface area contributed by atoms with E-state index < -0.39 is 0 Å². The number of hydrogen-bond donors (Lipinski definition) is 0. The van der Waals surface area contributed by atoms with Gasteiger partial charge in [-0.2, -0.15) is 0 Å². The number of ether oxygens (including phenoxy) is 1. The summed E-state index contributed by atoms with van der Waals surface area (Å²) in [6.45, 7) is 2.08. The molecule has 3 aromatic rings. The van der Waals surface area contributed by atoms with E-state index in [9.17, 15) is 0 Å². The van der Waals surface area contributed by atoms with Crippen LogP contribution in [0.3, 0.4) is 0 Å². The average Bonchev–Trinajstić information content (AvgIpc) is 2.71. The summed E-state index contributed by atoms with van der Waals surface area (Å²) in [5, 5.41) is 0.691. The summed E-state index contributed by atoms with van der Waals surface area (Å²) in [7, 11) is 0. The molecular formula is C14H11NOS. The van der Waals surface area contributed by atoms with Gasteiger partial charge in [-0.25, -0.2) is 4.98 Å². The number of rotatable bonds is 2. The largest absolute Gasteiger partial charge is 0.431 e. The first-order chi connectivity index (χ1) is 8.31. The van der Waals surface area contributed by atoms with Gasteiger partial charge in [0.1, 0.15) is 5.75 Å². The number of benzene rings is 2. The van der Waals surface area contributed by atoms with E-state index in [0.29, 0.717) is 5.19 Å². The van der Waals surface area contributed by atoms with Crippen LogP contribution >= 0.6 is 11.3 Å². The smallest absolute Gasteiger partial charge is 0.279 e. The van der Waals surface area contributed by atoms with Crippen LogP contribution in [0.25, 0.3) is 10.2 Å². The standard InChI is InChI=1S/C14H11NOS/c1-10-7-8-12-13(9-10)17-14(15-12)16-11-5-3-2-4-6-11/h2-9H,1H3. The molecule has 84 valence electrons. The molecule has 0 amide bonds. The molecule has 3 heteroatoms. The highest BCUT2D eigenvalue weighted by Crippen LogP contribution is 2.31. The van der Waals surface area contributed by atoms with Gasteiger partial charge in [-0.15, -0.1) is 0 Å². The van der Waals surface area contributed by atoms with E-state index in [2.05, 4.69) is 24.0 Å². The summed E-state index contributed by atoms with van der Waals surface area (Å²) >= 11 is 1.57. The number of hydrogen-bond acceptors (Lipinski definition) is 3. The number of aromatic nitrogens is 1. The van der Waals surface area contributed by atoms with Crippen LogP contribution in [0.4, 0.5) is 0 Å². The van der Waals surface area contributed by atoms with Gasteiger partial charge in [0.2, 0.25) is 0 Å². The van der Waals surface area contributed by atoms with Gasteiger partial charge in [-0.05, 0) is 36.8 Å². The fourth-order valence-electron chi connectivity index (χ4n) is 1.64. The normalized spacial score (nSPS) is 10.6. The zero-order valence-corrected chi connectivity index (χ0v) is 10.2. The third-order valence-corrected chi connectivity index (χ3v) is 3.37. The van der Waals surface area contributed by atoms with Crippen LogP contribution in [0.15, 0.2) is 48.5 Å². The lowest BCUT2D eigenvalue weighted by Crippen LogP contribution is -1.81. The molecule has 2 aromatic carbocycles. The highest BCUT2D eigenvalue weighted by atomic mass is 32.1. The van der Waals surface area contributed by atoms with Crippen molar-refractivity contribution in [1.82, 2.24) is 4.98 Å². The maximum atomic E-state index is 5.71. The zero-order valence-electron chi connectivity index (χ0n) is 9.38. The van der Waals surface area contributed by atoms with E-state index in [0.717, 1.165) is 16.0 Å². The van der Waals surface area contributed by atoms with Crippen molar-refractivity contribution in [3.8, 4) is 10.9 Å². The Morgan fingerprint density at radius 1 is 1.06 bits per heavy atom. The minimum absolute atomic E-state index is 0.691. The van der Waals surface area contributed by atoms with Gasteiger partial charge in [-0.3, -0.25) is 0 Å². The van der Waals surface area contributed by atoms with Gasteiger partial charge in [0.05, 0.1) is 10.2 Å². The van der Waals surface area contributed by atoms with Gasteiger partial charge in [-0.1, -0.05) is 35.6 Å². The number of thiazole rings is 1. The summed E-state index contributed by atoms with van der Waals surface area (Å²) in [5.41, 5.74) is 2.24. The molecule has 0 fully saturated rings. The van der Waals surface area contributed by atoms with Crippen LogP contribution in [0.2, 0.25) is 0 Å². The summed E-state index contributed by atoms with van der Waals surface area (Å²) in [4.78, 5) is 4.45. The Morgan fingerprint density at radius 3 is 2.71 bits per heavy atom. The molecule has 0 N–H and O–H groups in total. The Bertz CT molecular complexity index is 646. The lowest BCUT2D eigenvalue weighted by molar-refractivity contribution is 0.480. The fourth-order valence-corrected chi connectivity index (χ4v) is 2.58. The molecule has 0 aliphatic rings. The Hall–Kier alpha value is -1.87. The molecule has 0 bridgehead atoms. The molecule has 0 aliphatic heterocycles. The molecule has 0 radical (unpaired) electrons. The van der Waals surface area contributed by atoms with Crippen LogP contribution in [0.5, 0.6) is 10.9 Å².